The van der Waals surface area contributed by atoms with Crippen LogP contribution >= 0.6 is 0 Å². The maximum atomic E-state index is 14.1. The van der Waals surface area contributed by atoms with Gasteiger partial charge >= 0.3 is 6.09 Å². The van der Waals surface area contributed by atoms with Crippen LogP contribution in [0.25, 0.3) is 11.3 Å². The minimum Gasteiger partial charge on any atom is -0.444 e. The van der Waals surface area contributed by atoms with E-state index in [1.165, 1.54) is 6.07 Å². The predicted octanol–water partition coefficient (Wildman–Crippen LogP) is 3.83. The van der Waals surface area contributed by atoms with Gasteiger partial charge in [-0.3, -0.25) is 0 Å². The molecule has 1 aromatic carbocycles. The standard InChI is InChI=1S/C22H26F2N6O2/c1-22(2,3)32-21(31)27-14-6-5-7-30(12-14)19-10-18(28-20(26-4)29-19)13-8-16(23)15(11-25)17(24)9-13/h8-10,14H,5-7,12H2,1-4H3,(H,27,31)(H,26,28,29)/t14-/m1/s1. The number of hydrogen-bond acceptors (Lipinski definition) is 7. The van der Waals surface area contributed by atoms with E-state index in [-0.39, 0.29) is 17.6 Å². The highest BCUT2D eigenvalue weighted by Gasteiger charge is 2.26. The van der Waals surface area contributed by atoms with Crippen LogP contribution in [0.3, 0.4) is 0 Å². The molecule has 0 aliphatic carbocycles. The van der Waals surface area contributed by atoms with Gasteiger partial charge in [0.1, 0.15) is 34.7 Å². The monoisotopic (exact) mass is 444 g/mol. The highest BCUT2D eigenvalue weighted by atomic mass is 19.1. The molecule has 0 spiro atoms. The zero-order valence-corrected chi connectivity index (χ0v) is 18.5. The molecule has 1 saturated heterocycles. The summed E-state index contributed by atoms with van der Waals surface area (Å²) in [4.78, 5) is 22.9. The van der Waals surface area contributed by atoms with E-state index in [0.29, 0.717) is 24.6 Å². The minimum absolute atomic E-state index is 0.139. The van der Waals surface area contributed by atoms with Gasteiger partial charge in [-0.15, -0.1) is 0 Å². The van der Waals surface area contributed by atoms with Gasteiger partial charge in [0.15, 0.2) is 0 Å². The number of halogens is 2. The molecule has 8 nitrogen and oxygen atoms in total. The molecule has 1 aliphatic heterocycles. The first kappa shape index (κ1) is 23.2. The summed E-state index contributed by atoms with van der Waals surface area (Å²) in [6.07, 6.45) is 1.13. The SMILES string of the molecule is CNc1nc(-c2cc(F)c(C#N)c(F)c2)cc(N2CCC[C@@H](NC(=O)OC(C)(C)C)C2)n1. The van der Waals surface area contributed by atoms with E-state index >= 15 is 0 Å². The fourth-order valence-corrected chi connectivity index (χ4v) is 3.46. The van der Waals surface area contributed by atoms with Crippen LogP contribution in [-0.2, 0) is 4.74 Å². The Morgan fingerprint density at radius 1 is 1.25 bits per heavy atom. The van der Waals surface area contributed by atoms with Crippen molar-refractivity contribution in [1.29, 1.82) is 5.26 Å². The summed E-state index contributed by atoms with van der Waals surface area (Å²) in [7, 11) is 1.64. The Bertz CT molecular complexity index is 1020. The third kappa shape index (κ3) is 5.60. The number of piperidine rings is 1. The molecule has 2 heterocycles. The third-order valence-electron chi connectivity index (χ3n) is 4.85. The molecule has 0 saturated carbocycles. The summed E-state index contributed by atoms with van der Waals surface area (Å²) in [6, 6.07) is 5.17. The average Bonchev–Trinajstić information content (AvgIpc) is 2.72. The molecule has 32 heavy (non-hydrogen) atoms. The van der Waals surface area contributed by atoms with E-state index in [2.05, 4.69) is 20.6 Å². The van der Waals surface area contributed by atoms with Crippen LogP contribution in [0.1, 0.15) is 39.2 Å². The Balaban J connectivity index is 1.85. The Morgan fingerprint density at radius 2 is 1.94 bits per heavy atom. The number of alkyl carbamates (subject to hydrolysis) is 1. The lowest BCUT2D eigenvalue weighted by Crippen LogP contribution is -2.49. The number of benzene rings is 1. The van der Waals surface area contributed by atoms with Crippen molar-refractivity contribution in [1.82, 2.24) is 15.3 Å². The van der Waals surface area contributed by atoms with Crippen LogP contribution in [0.15, 0.2) is 18.2 Å². The van der Waals surface area contributed by atoms with Crippen molar-refractivity contribution >= 4 is 17.9 Å². The van der Waals surface area contributed by atoms with Gasteiger partial charge in [-0.25, -0.2) is 18.6 Å². The molecule has 0 unspecified atom stereocenters. The summed E-state index contributed by atoms with van der Waals surface area (Å²) in [6.45, 7) is 6.60. The molecule has 1 fully saturated rings. The number of carbonyl (C=O) groups excluding carboxylic acids is 1. The molecule has 2 N–H and O–H groups in total. The number of nitrogens with one attached hydrogen (secondary N) is 2. The van der Waals surface area contributed by atoms with E-state index in [9.17, 15) is 13.6 Å². The summed E-state index contributed by atoms with van der Waals surface area (Å²) < 4.78 is 33.6. The van der Waals surface area contributed by atoms with Gasteiger partial charge in [-0.2, -0.15) is 10.2 Å². The maximum absolute atomic E-state index is 14.1. The van der Waals surface area contributed by atoms with Crippen LogP contribution in [-0.4, -0.2) is 47.8 Å². The fourth-order valence-electron chi connectivity index (χ4n) is 3.46. The molecule has 1 amide bonds. The van der Waals surface area contributed by atoms with Crippen molar-refractivity contribution in [2.24, 2.45) is 0 Å². The van der Waals surface area contributed by atoms with Crippen molar-refractivity contribution in [2.75, 3.05) is 30.4 Å². The molecule has 0 bridgehead atoms. The van der Waals surface area contributed by atoms with Crippen LogP contribution in [0.4, 0.5) is 25.3 Å². The van der Waals surface area contributed by atoms with Crippen LogP contribution < -0.4 is 15.5 Å². The quantitative estimate of drug-likeness (QED) is 0.739. The lowest BCUT2D eigenvalue weighted by Gasteiger charge is -2.34. The predicted molar refractivity (Wildman–Crippen MR) is 116 cm³/mol. The number of ether oxygens (including phenoxy) is 1. The Morgan fingerprint density at radius 3 is 2.53 bits per heavy atom. The zero-order chi connectivity index (χ0) is 23.5. The maximum Gasteiger partial charge on any atom is 0.407 e. The molecule has 3 rings (SSSR count). The van der Waals surface area contributed by atoms with Gasteiger partial charge in [0.2, 0.25) is 5.95 Å². The van der Waals surface area contributed by atoms with Gasteiger partial charge in [0.05, 0.1) is 5.69 Å². The first-order valence-corrected chi connectivity index (χ1v) is 10.3. The zero-order valence-electron chi connectivity index (χ0n) is 18.5. The van der Waals surface area contributed by atoms with Crippen molar-refractivity contribution in [3.8, 4) is 17.3 Å². The summed E-state index contributed by atoms with van der Waals surface area (Å²) in [5, 5.41) is 14.6. The minimum atomic E-state index is -0.951. The van der Waals surface area contributed by atoms with Gasteiger partial charge < -0.3 is 20.3 Å². The second-order valence-corrected chi connectivity index (χ2v) is 8.54. The van der Waals surface area contributed by atoms with Gasteiger partial charge in [-0.05, 0) is 45.7 Å². The van der Waals surface area contributed by atoms with E-state index < -0.39 is 28.9 Å². The summed E-state index contributed by atoms with van der Waals surface area (Å²) in [5.74, 6) is -1.06. The average molecular weight is 444 g/mol. The van der Waals surface area contributed by atoms with Gasteiger partial charge in [0.25, 0.3) is 0 Å². The molecule has 10 heteroatoms. The van der Waals surface area contributed by atoms with Crippen molar-refractivity contribution < 1.29 is 18.3 Å². The van der Waals surface area contributed by atoms with Gasteiger partial charge in [-0.1, -0.05) is 0 Å². The Hall–Kier alpha value is -3.48. The Kier molecular flexibility index (Phi) is 6.77. The highest BCUT2D eigenvalue weighted by Crippen LogP contribution is 2.28. The van der Waals surface area contributed by atoms with Crippen molar-refractivity contribution in [3.63, 3.8) is 0 Å². The van der Waals surface area contributed by atoms with Crippen molar-refractivity contribution in [2.45, 2.75) is 45.3 Å². The molecule has 2 aromatic rings. The number of hydrogen-bond donors (Lipinski definition) is 2. The number of carbonyl (C=O) groups is 1. The first-order chi connectivity index (χ1) is 15.1. The van der Waals surface area contributed by atoms with E-state index in [4.69, 9.17) is 10.00 Å². The lowest BCUT2D eigenvalue weighted by atomic mass is 10.0. The second kappa shape index (κ2) is 9.34. The number of nitriles is 1. The Labute approximate surface area is 185 Å². The lowest BCUT2D eigenvalue weighted by molar-refractivity contribution is 0.0500. The van der Waals surface area contributed by atoms with E-state index in [1.807, 2.05) is 4.90 Å². The number of anilines is 2. The fraction of sp³-hybridized carbons (Fsp3) is 0.455. The van der Waals surface area contributed by atoms with Crippen LogP contribution in [0.2, 0.25) is 0 Å². The molecule has 1 aliphatic rings. The molecule has 170 valence electrons. The second-order valence-electron chi connectivity index (χ2n) is 8.54. The highest BCUT2D eigenvalue weighted by molar-refractivity contribution is 5.69. The smallest absolute Gasteiger partial charge is 0.407 e. The molecular formula is C22H26F2N6O2. The number of aromatic nitrogens is 2. The number of rotatable bonds is 4. The van der Waals surface area contributed by atoms with E-state index in [0.717, 1.165) is 25.0 Å². The largest absolute Gasteiger partial charge is 0.444 e. The van der Waals surface area contributed by atoms with Gasteiger partial charge in [0, 0.05) is 37.8 Å². The topological polar surface area (TPSA) is 103 Å². The van der Waals surface area contributed by atoms with Crippen LogP contribution in [0, 0.1) is 23.0 Å². The number of nitrogens with zero attached hydrogens (tertiary/aromatic N) is 4. The molecular weight excluding hydrogens is 418 g/mol. The van der Waals surface area contributed by atoms with Crippen LogP contribution in [0.5, 0.6) is 0 Å². The van der Waals surface area contributed by atoms with Crippen molar-refractivity contribution in [3.05, 3.63) is 35.4 Å². The third-order valence-corrected chi connectivity index (χ3v) is 4.85. The molecule has 1 atom stereocenters. The first-order valence-electron chi connectivity index (χ1n) is 10.3. The molecule has 1 aromatic heterocycles. The molecule has 0 radical (unpaired) electrons. The number of amides is 1. The summed E-state index contributed by atoms with van der Waals surface area (Å²) in [5.41, 5.74) is -0.722. The normalized spacial score (nSPS) is 16.3. The van der Waals surface area contributed by atoms with E-state index in [1.54, 1.807) is 33.9 Å². The summed E-state index contributed by atoms with van der Waals surface area (Å²) >= 11 is 0.